The van der Waals surface area contributed by atoms with Gasteiger partial charge in [0.1, 0.15) is 5.82 Å². The predicted molar refractivity (Wildman–Crippen MR) is 55.5 cm³/mol. The van der Waals surface area contributed by atoms with Gasteiger partial charge in [-0.2, -0.15) is 0 Å². The maximum atomic E-state index is 13.2. The molecule has 76 valence electrons. The van der Waals surface area contributed by atoms with Crippen LogP contribution in [0.15, 0.2) is 18.2 Å². The molecule has 0 unspecified atom stereocenters. The topological polar surface area (TPSA) is 26.0 Å². The van der Waals surface area contributed by atoms with E-state index in [-0.39, 0.29) is 11.4 Å². The van der Waals surface area contributed by atoms with Crippen LogP contribution in [0.4, 0.5) is 4.39 Å². The zero-order chi connectivity index (χ0) is 10.2. The molecule has 1 aromatic rings. The molecule has 0 saturated heterocycles. The molecule has 14 heavy (non-hydrogen) atoms. The molecule has 1 saturated carbocycles. The van der Waals surface area contributed by atoms with Gasteiger partial charge in [0.05, 0.1) is 0 Å². The van der Waals surface area contributed by atoms with E-state index in [0.717, 1.165) is 36.8 Å². The lowest BCUT2D eigenvalue weighted by molar-refractivity contribution is 0.457. The van der Waals surface area contributed by atoms with Gasteiger partial charge in [0.25, 0.3) is 0 Å². The smallest absolute Gasteiger partial charge is 0.123 e. The van der Waals surface area contributed by atoms with Crippen molar-refractivity contribution in [2.24, 2.45) is 5.73 Å². The summed E-state index contributed by atoms with van der Waals surface area (Å²) >= 11 is 0. The molecular formula is C12H16FN. The molecule has 2 N–H and O–H groups in total. The van der Waals surface area contributed by atoms with Crippen LogP contribution in [0.1, 0.15) is 36.8 Å². The minimum Gasteiger partial charge on any atom is -0.321 e. The molecule has 0 amide bonds. The maximum absolute atomic E-state index is 13.2. The van der Waals surface area contributed by atoms with Crippen molar-refractivity contribution in [3.63, 3.8) is 0 Å². The van der Waals surface area contributed by atoms with Crippen LogP contribution in [0.3, 0.4) is 0 Å². The zero-order valence-electron chi connectivity index (χ0n) is 8.52. The van der Waals surface area contributed by atoms with Crippen LogP contribution >= 0.6 is 0 Å². The van der Waals surface area contributed by atoms with E-state index in [1.807, 2.05) is 13.0 Å². The summed E-state index contributed by atoms with van der Waals surface area (Å²) in [7, 11) is 0. The van der Waals surface area contributed by atoms with E-state index >= 15 is 0 Å². The van der Waals surface area contributed by atoms with E-state index in [0.29, 0.717) is 0 Å². The van der Waals surface area contributed by atoms with E-state index in [2.05, 4.69) is 0 Å². The second-order valence-electron chi connectivity index (χ2n) is 4.38. The van der Waals surface area contributed by atoms with Crippen LogP contribution in [0.5, 0.6) is 0 Å². The van der Waals surface area contributed by atoms with Gasteiger partial charge in [0, 0.05) is 5.54 Å². The molecule has 0 spiro atoms. The number of rotatable bonds is 1. The van der Waals surface area contributed by atoms with Gasteiger partial charge in [-0.1, -0.05) is 18.9 Å². The molecule has 0 bridgehead atoms. The average molecular weight is 193 g/mol. The fourth-order valence-corrected chi connectivity index (χ4v) is 2.32. The first-order valence-corrected chi connectivity index (χ1v) is 5.17. The lowest BCUT2D eigenvalue weighted by atomic mass is 9.88. The van der Waals surface area contributed by atoms with Gasteiger partial charge in [0.15, 0.2) is 0 Å². The highest BCUT2D eigenvalue weighted by molar-refractivity contribution is 5.30. The summed E-state index contributed by atoms with van der Waals surface area (Å²) in [4.78, 5) is 0. The molecule has 2 rings (SSSR count). The standard InChI is InChI=1S/C12H16FN/c1-9-6-10(8-11(13)7-9)12(14)4-2-3-5-12/h6-8H,2-5,14H2,1H3. The van der Waals surface area contributed by atoms with Gasteiger partial charge in [-0.3, -0.25) is 0 Å². The third-order valence-electron chi connectivity index (χ3n) is 3.11. The minimum absolute atomic E-state index is 0.170. The first-order valence-electron chi connectivity index (χ1n) is 5.17. The SMILES string of the molecule is Cc1cc(F)cc(C2(N)CCCC2)c1. The van der Waals surface area contributed by atoms with Crippen LogP contribution in [0, 0.1) is 12.7 Å². The first kappa shape index (κ1) is 9.66. The largest absolute Gasteiger partial charge is 0.321 e. The number of halogens is 1. The molecule has 1 aromatic carbocycles. The van der Waals surface area contributed by atoms with Gasteiger partial charge in [-0.25, -0.2) is 4.39 Å². The normalized spacial score (nSPS) is 19.9. The number of nitrogens with two attached hydrogens (primary N) is 1. The van der Waals surface area contributed by atoms with Crippen LogP contribution in [-0.2, 0) is 5.54 Å². The summed E-state index contributed by atoms with van der Waals surface area (Å²) < 4.78 is 13.2. The molecule has 0 aliphatic heterocycles. The van der Waals surface area contributed by atoms with Gasteiger partial charge in [-0.15, -0.1) is 0 Å². The lowest BCUT2D eigenvalue weighted by Crippen LogP contribution is -2.33. The predicted octanol–water partition coefficient (Wildman–Crippen LogP) is 2.86. The number of hydrogen-bond acceptors (Lipinski definition) is 1. The highest BCUT2D eigenvalue weighted by atomic mass is 19.1. The van der Waals surface area contributed by atoms with E-state index in [4.69, 9.17) is 5.73 Å². The Labute approximate surface area is 84.1 Å². The van der Waals surface area contributed by atoms with Crippen molar-refractivity contribution < 1.29 is 4.39 Å². The van der Waals surface area contributed by atoms with Crippen molar-refractivity contribution in [3.8, 4) is 0 Å². The highest BCUT2D eigenvalue weighted by Gasteiger charge is 2.31. The molecule has 0 heterocycles. The van der Waals surface area contributed by atoms with Gasteiger partial charge in [-0.05, 0) is 43.0 Å². The van der Waals surface area contributed by atoms with Crippen molar-refractivity contribution in [2.45, 2.75) is 38.1 Å². The summed E-state index contributed by atoms with van der Waals surface area (Å²) in [5, 5.41) is 0. The third-order valence-corrected chi connectivity index (χ3v) is 3.11. The second-order valence-corrected chi connectivity index (χ2v) is 4.38. The van der Waals surface area contributed by atoms with Gasteiger partial charge >= 0.3 is 0 Å². The molecule has 2 heteroatoms. The summed E-state index contributed by atoms with van der Waals surface area (Å²) in [6, 6.07) is 5.13. The molecule has 0 atom stereocenters. The molecule has 1 fully saturated rings. The maximum Gasteiger partial charge on any atom is 0.123 e. The number of benzene rings is 1. The van der Waals surface area contributed by atoms with E-state index in [9.17, 15) is 4.39 Å². The monoisotopic (exact) mass is 193 g/mol. The van der Waals surface area contributed by atoms with E-state index < -0.39 is 0 Å². The molecule has 1 aliphatic carbocycles. The van der Waals surface area contributed by atoms with Crippen molar-refractivity contribution in [1.82, 2.24) is 0 Å². The Morgan fingerprint density at radius 1 is 1.21 bits per heavy atom. The first-order chi connectivity index (χ1) is 6.60. The zero-order valence-corrected chi connectivity index (χ0v) is 8.52. The number of hydrogen-bond donors (Lipinski definition) is 1. The minimum atomic E-state index is -0.271. The summed E-state index contributed by atoms with van der Waals surface area (Å²) in [5.74, 6) is -0.170. The van der Waals surface area contributed by atoms with Crippen molar-refractivity contribution in [2.75, 3.05) is 0 Å². The molecule has 1 aliphatic rings. The van der Waals surface area contributed by atoms with Crippen LogP contribution in [0.2, 0.25) is 0 Å². The number of aryl methyl sites for hydroxylation is 1. The molecule has 0 aromatic heterocycles. The van der Waals surface area contributed by atoms with Crippen LogP contribution < -0.4 is 5.73 Å². The average Bonchev–Trinajstić information content (AvgIpc) is 2.52. The lowest BCUT2D eigenvalue weighted by Gasteiger charge is -2.24. The fourth-order valence-electron chi connectivity index (χ4n) is 2.32. The van der Waals surface area contributed by atoms with E-state index in [1.54, 1.807) is 12.1 Å². The molecular weight excluding hydrogens is 177 g/mol. The van der Waals surface area contributed by atoms with Crippen LogP contribution in [-0.4, -0.2) is 0 Å². The van der Waals surface area contributed by atoms with E-state index in [1.165, 1.54) is 0 Å². The van der Waals surface area contributed by atoms with Gasteiger partial charge in [0.2, 0.25) is 0 Å². The van der Waals surface area contributed by atoms with Gasteiger partial charge < -0.3 is 5.73 Å². The summed E-state index contributed by atoms with van der Waals surface area (Å²) in [6.45, 7) is 1.91. The quantitative estimate of drug-likeness (QED) is 0.729. The highest BCUT2D eigenvalue weighted by Crippen LogP contribution is 2.36. The Balaban J connectivity index is 2.40. The second kappa shape index (κ2) is 3.35. The Morgan fingerprint density at radius 2 is 1.86 bits per heavy atom. The van der Waals surface area contributed by atoms with Crippen molar-refractivity contribution in [1.29, 1.82) is 0 Å². The van der Waals surface area contributed by atoms with Crippen LogP contribution in [0.25, 0.3) is 0 Å². The Morgan fingerprint density at radius 3 is 2.43 bits per heavy atom. The summed E-state index contributed by atoms with van der Waals surface area (Å²) in [5.41, 5.74) is 7.90. The third kappa shape index (κ3) is 1.67. The van der Waals surface area contributed by atoms with Crippen molar-refractivity contribution >= 4 is 0 Å². The fraction of sp³-hybridized carbons (Fsp3) is 0.500. The summed E-state index contributed by atoms with van der Waals surface area (Å²) in [6.07, 6.45) is 4.28. The molecule has 0 radical (unpaired) electrons. The van der Waals surface area contributed by atoms with Crippen molar-refractivity contribution in [3.05, 3.63) is 35.1 Å². The Kier molecular flexibility index (Phi) is 2.31. The Bertz CT molecular complexity index is 320. The Hall–Kier alpha value is -0.890. The molecule has 1 nitrogen and oxygen atoms in total.